The van der Waals surface area contributed by atoms with E-state index < -0.39 is 0 Å². The number of carbonyl (C=O) groups is 2. The molecule has 0 heterocycles. The predicted octanol–water partition coefficient (Wildman–Crippen LogP) is 0.552. The van der Waals surface area contributed by atoms with E-state index in [0.717, 1.165) is 0 Å². The van der Waals surface area contributed by atoms with Crippen LogP contribution in [0.15, 0.2) is 0 Å². The first-order valence-corrected chi connectivity index (χ1v) is 2.22. The molecule has 0 aromatic heterocycles. The normalized spacial score (nSPS) is 7.25. The Morgan fingerprint density at radius 3 is 1.75 bits per heavy atom. The molecule has 0 radical (unpaired) electrons. The van der Waals surface area contributed by atoms with Gasteiger partial charge in [-0.2, -0.15) is 0 Å². The molecule has 0 saturated heterocycles. The van der Waals surface area contributed by atoms with Gasteiger partial charge in [0.15, 0.2) is 11.6 Å². The number of hydrogen-bond donors (Lipinski definition) is 0. The largest absolute Gasteiger partial charge is 0.291 e. The Balaban J connectivity index is 0. The van der Waals surface area contributed by atoms with Gasteiger partial charge in [-0.3, -0.25) is 9.59 Å². The third-order valence-electron chi connectivity index (χ3n) is 0.714. The van der Waals surface area contributed by atoms with Crippen molar-refractivity contribution in [2.75, 3.05) is 0 Å². The maximum atomic E-state index is 10.2. The Morgan fingerprint density at radius 2 is 1.75 bits per heavy atom. The molecule has 0 amide bonds. The van der Waals surface area contributed by atoms with Crippen molar-refractivity contribution in [3.05, 3.63) is 0 Å². The number of ketones is 2. The molecule has 2 nitrogen and oxygen atoms in total. The van der Waals surface area contributed by atoms with Crippen LogP contribution >= 0.6 is 0 Å². The fourth-order valence-corrected chi connectivity index (χ4v) is 0.249. The van der Waals surface area contributed by atoms with Crippen molar-refractivity contribution in [3.8, 4) is 0 Å². The zero-order chi connectivity index (χ0) is 5.86. The summed E-state index contributed by atoms with van der Waals surface area (Å²) in [7, 11) is 0. The monoisotopic (exact) mass is 284 g/mol. The SMILES string of the molecule is CCC(=O)C(C)=O.[W]. The Labute approximate surface area is 62.9 Å². The van der Waals surface area contributed by atoms with Gasteiger partial charge < -0.3 is 0 Å². The Morgan fingerprint density at radius 1 is 1.38 bits per heavy atom. The summed E-state index contributed by atoms with van der Waals surface area (Å²) in [6.45, 7) is 2.95. The van der Waals surface area contributed by atoms with Crippen molar-refractivity contribution >= 4 is 11.6 Å². The van der Waals surface area contributed by atoms with Crippen LogP contribution in [0.3, 0.4) is 0 Å². The van der Waals surface area contributed by atoms with Gasteiger partial charge >= 0.3 is 0 Å². The van der Waals surface area contributed by atoms with E-state index in [2.05, 4.69) is 0 Å². The van der Waals surface area contributed by atoms with Crippen LogP contribution < -0.4 is 0 Å². The minimum Gasteiger partial charge on any atom is -0.291 e. The van der Waals surface area contributed by atoms with Gasteiger partial charge in [0.25, 0.3) is 0 Å². The molecule has 0 aliphatic heterocycles. The smallest absolute Gasteiger partial charge is 0.197 e. The van der Waals surface area contributed by atoms with E-state index in [0.29, 0.717) is 6.42 Å². The van der Waals surface area contributed by atoms with Crippen LogP contribution in [-0.2, 0) is 30.7 Å². The van der Waals surface area contributed by atoms with Crippen LogP contribution in [0.1, 0.15) is 20.3 Å². The molecule has 0 aromatic carbocycles. The van der Waals surface area contributed by atoms with Crippen LogP contribution in [0.25, 0.3) is 0 Å². The van der Waals surface area contributed by atoms with Gasteiger partial charge in [-0.25, -0.2) is 0 Å². The molecule has 0 aliphatic carbocycles. The predicted molar refractivity (Wildman–Crippen MR) is 26.0 cm³/mol. The van der Waals surface area contributed by atoms with Gasteiger partial charge in [-0.15, -0.1) is 0 Å². The second kappa shape index (κ2) is 5.17. The summed E-state index contributed by atoms with van der Waals surface area (Å²) in [6, 6.07) is 0. The van der Waals surface area contributed by atoms with Gasteiger partial charge in [0.05, 0.1) is 0 Å². The Bertz CT molecular complexity index is 98.6. The van der Waals surface area contributed by atoms with Crippen molar-refractivity contribution in [2.24, 2.45) is 0 Å². The summed E-state index contributed by atoms with van der Waals surface area (Å²) in [4.78, 5) is 20.2. The molecule has 0 saturated carbocycles. The maximum Gasteiger partial charge on any atom is 0.197 e. The number of rotatable bonds is 2. The molecular weight excluding hydrogens is 276 g/mol. The van der Waals surface area contributed by atoms with Gasteiger partial charge in [0.1, 0.15) is 0 Å². The van der Waals surface area contributed by atoms with E-state index in [-0.39, 0.29) is 32.6 Å². The van der Waals surface area contributed by atoms with Crippen LogP contribution in [0, 0.1) is 0 Å². The van der Waals surface area contributed by atoms with Gasteiger partial charge in [0.2, 0.25) is 0 Å². The van der Waals surface area contributed by atoms with E-state index in [1.165, 1.54) is 6.92 Å². The molecule has 0 fully saturated rings. The van der Waals surface area contributed by atoms with E-state index >= 15 is 0 Å². The molecule has 0 spiro atoms. The zero-order valence-corrected chi connectivity index (χ0v) is 7.87. The van der Waals surface area contributed by atoms with Crippen molar-refractivity contribution in [3.63, 3.8) is 0 Å². The standard InChI is InChI=1S/C5H8O2.W/c1-3-5(7)4(2)6;/h3H2,1-2H3;. The Kier molecular flexibility index (Phi) is 7.05. The molecule has 0 bridgehead atoms. The number of carbonyl (C=O) groups excluding carboxylic acids is 2. The second-order valence-corrected chi connectivity index (χ2v) is 1.33. The van der Waals surface area contributed by atoms with Crippen molar-refractivity contribution in [1.82, 2.24) is 0 Å². The minimum absolute atomic E-state index is 0. The average Bonchev–Trinajstić information content (AvgIpc) is 1.65. The first kappa shape index (κ1) is 10.9. The number of hydrogen-bond acceptors (Lipinski definition) is 2. The van der Waals surface area contributed by atoms with E-state index in [1.807, 2.05) is 0 Å². The summed E-state index contributed by atoms with van der Waals surface area (Å²) in [5.41, 5.74) is 0. The van der Waals surface area contributed by atoms with Crippen LogP contribution in [0.2, 0.25) is 0 Å². The summed E-state index contributed by atoms with van der Waals surface area (Å²) < 4.78 is 0. The van der Waals surface area contributed by atoms with Crippen LogP contribution in [-0.4, -0.2) is 11.6 Å². The molecule has 3 heteroatoms. The van der Waals surface area contributed by atoms with E-state index in [4.69, 9.17) is 0 Å². The fourth-order valence-electron chi connectivity index (χ4n) is 0.249. The first-order chi connectivity index (χ1) is 3.18. The summed E-state index contributed by atoms with van der Waals surface area (Å²) >= 11 is 0. The van der Waals surface area contributed by atoms with Crippen LogP contribution in [0.4, 0.5) is 0 Å². The third-order valence-corrected chi connectivity index (χ3v) is 0.714. The molecule has 8 heavy (non-hydrogen) atoms. The topological polar surface area (TPSA) is 34.1 Å². The molecule has 0 N–H and O–H groups in total. The van der Waals surface area contributed by atoms with Gasteiger partial charge in [-0.1, -0.05) is 6.92 Å². The number of Topliss-reactive ketones (excluding diaryl/α,β-unsaturated/α-hetero) is 2. The van der Waals surface area contributed by atoms with E-state index in [9.17, 15) is 9.59 Å². The van der Waals surface area contributed by atoms with Crippen LogP contribution in [0.5, 0.6) is 0 Å². The Hall–Kier alpha value is 0.0283. The quantitative estimate of drug-likeness (QED) is 0.694. The molecule has 0 aromatic rings. The zero-order valence-electron chi connectivity index (χ0n) is 4.93. The maximum absolute atomic E-state index is 10.2. The van der Waals surface area contributed by atoms with Gasteiger partial charge in [-0.05, 0) is 0 Å². The summed E-state index contributed by atoms with van der Waals surface area (Å²) in [5, 5.41) is 0. The second-order valence-electron chi connectivity index (χ2n) is 1.33. The summed E-state index contributed by atoms with van der Waals surface area (Å²) in [5.74, 6) is -0.637. The van der Waals surface area contributed by atoms with E-state index in [1.54, 1.807) is 6.92 Å². The van der Waals surface area contributed by atoms with Gasteiger partial charge in [0, 0.05) is 34.4 Å². The van der Waals surface area contributed by atoms with Crippen molar-refractivity contribution in [1.29, 1.82) is 0 Å². The molecule has 0 unspecified atom stereocenters. The molecule has 0 aliphatic rings. The summed E-state index contributed by atoms with van der Waals surface area (Å²) in [6.07, 6.45) is 0.329. The van der Waals surface area contributed by atoms with Crippen molar-refractivity contribution < 1.29 is 30.7 Å². The van der Waals surface area contributed by atoms with Crippen molar-refractivity contribution in [2.45, 2.75) is 20.3 Å². The minimum atomic E-state index is -0.345. The molecular formula is C5H8O2W. The average molecular weight is 284 g/mol. The molecule has 0 rings (SSSR count). The first-order valence-electron chi connectivity index (χ1n) is 2.22. The third kappa shape index (κ3) is 4.19. The molecule has 0 atom stereocenters. The molecule has 46 valence electrons. The fraction of sp³-hybridized carbons (Fsp3) is 0.600.